The summed E-state index contributed by atoms with van der Waals surface area (Å²) in [6.07, 6.45) is 0. The van der Waals surface area contributed by atoms with Crippen molar-refractivity contribution in [1.82, 2.24) is 9.78 Å². The van der Waals surface area contributed by atoms with Crippen molar-refractivity contribution in [3.63, 3.8) is 0 Å². The lowest BCUT2D eigenvalue weighted by Gasteiger charge is -2.09. The van der Waals surface area contributed by atoms with Gasteiger partial charge in [0.05, 0.1) is 12.8 Å². The Morgan fingerprint density at radius 3 is 2.73 bits per heavy atom. The molecule has 132 valence electrons. The number of aromatic nitrogens is 2. The SMILES string of the molecule is COc1cccc(-c2ccc(=O)n(CC(=O)Nc3cccc(Cl)c3)n2)c1. The van der Waals surface area contributed by atoms with Gasteiger partial charge in [0.1, 0.15) is 12.3 Å². The van der Waals surface area contributed by atoms with E-state index in [0.717, 1.165) is 10.2 Å². The summed E-state index contributed by atoms with van der Waals surface area (Å²) in [4.78, 5) is 24.3. The highest BCUT2D eigenvalue weighted by Crippen LogP contribution is 2.21. The van der Waals surface area contributed by atoms with Crippen molar-refractivity contribution in [2.45, 2.75) is 6.54 Å². The van der Waals surface area contributed by atoms with Gasteiger partial charge in [-0.1, -0.05) is 29.8 Å². The zero-order valence-corrected chi connectivity index (χ0v) is 14.7. The van der Waals surface area contributed by atoms with E-state index in [1.807, 2.05) is 24.3 Å². The molecule has 1 heterocycles. The first-order chi connectivity index (χ1) is 12.5. The molecule has 1 N–H and O–H groups in total. The van der Waals surface area contributed by atoms with E-state index < -0.39 is 0 Å². The number of hydrogen-bond donors (Lipinski definition) is 1. The molecule has 0 unspecified atom stereocenters. The maximum Gasteiger partial charge on any atom is 0.267 e. The predicted octanol–water partition coefficient (Wildman–Crippen LogP) is 3.21. The van der Waals surface area contributed by atoms with Crippen molar-refractivity contribution in [2.24, 2.45) is 0 Å². The molecule has 0 saturated carbocycles. The molecule has 26 heavy (non-hydrogen) atoms. The fraction of sp³-hybridized carbons (Fsp3) is 0.105. The molecule has 6 nitrogen and oxygen atoms in total. The second-order valence-corrected chi connectivity index (χ2v) is 5.94. The molecule has 7 heteroatoms. The highest BCUT2D eigenvalue weighted by Gasteiger charge is 2.09. The summed E-state index contributed by atoms with van der Waals surface area (Å²) in [6, 6.07) is 17.1. The van der Waals surface area contributed by atoms with Gasteiger partial charge in [0.2, 0.25) is 5.91 Å². The zero-order chi connectivity index (χ0) is 18.5. The molecule has 0 bridgehead atoms. The molecule has 0 atom stereocenters. The molecule has 0 spiro atoms. The number of hydrogen-bond acceptors (Lipinski definition) is 4. The fourth-order valence-electron chi connectivity index (χ4n) is 2.40. The van der Waals surface area contributed by atoms with Crippen LogP contribution in [0.15, 0.2) is 65.5 Å². The molecule has 0 aliphatic carbocycles. The molecule has 1 aromatic heterocycles. The van der Waals surface area contributed by atoms with Crippen LogP contribution in [0.4, 0.5) is 5.69 Å². The average molecular weight is 370 g/mol. The molecule has 0 aliphatic heterocycles. The molecular weight excluding hydrogens is 354 g/mol. The number of ether oxygens (including phenoxy) is 1. The van der Waals surface area contributed by atoms with Gasteiger partial charge in [-0.15, -0.1) is 0 Å². The van der Waals surface area contributed by atoms with Gasteiger partial charge in [-0.2, -0.15) is 5.10 Å². The maximum absolute atomic E-state index is 12.2. The zero-order valence-electron chi connectivity index (χ0n) is 14.0. The van der Waals surface area contributed by atoms with Gasteiger partial charge < -0.3 is 10.1 Å². The number of carbonyl (C=O) groups excluding carboxylic acids is 1. The van der Waals surface area contributed by atoms with Crippen molar-refractivity contribution < 1.29 is 9.53 Å². The Bertz CT molecular complexity index is 1000. The average Bonchev–Trinajstić information content (AvgIpc) is 2.63. The number of methoxy groups -OCH3 is 1. The third-order valence-electron chi connectivity index (χ3n) is 3.63. The van der Waals surface area contributed by atoms with Crippen molar-refractivity contribution in [2.75, 3.05) is 12.4 Å². The van der Waals surface area contributed by atoms with E-state index in [0.29, 0.717) is 22.2 Å². The monoisotopic (exact) mass is 369 g/mol. The molecule has 0 aliphatic rings. The van der Waals surface area contributed by atoms with Crippen molar-refractivity contribution in [1.29, 1.82) is 0 Å². The Kier molecular flexibility index (Phi) is 5.34. The van der Waals surface area contributed by atoms with E-state index in [9.17, 15) is 9.59 Å². The number of benzene rings is 2. The molecule has 3 aromatic rings. The maximum atomic E-state index is 12.2. The van der Waals surface area contributed by atoms with Crippen LogP contribution in [0.5, 0.6) is 5.75 Å². The largest absolute Gasteiger partial charge is 0.497 e. The molecular formula is C19H16ClN3O3. The second-order valence-electron chi connectivity index (χ2n) is 5.50. The smallest absolute Gasteiger partial charge is 0.267 e. The van der Waals surface area contributed by atoms with E-state index >= 15 is 0 Å². The Labute approximate surface area is 155 Å². The summed E-state index contributed by atoms with van der Waals surface area (Å²) in [7, 11) is 1.58. The fourth-order valence-corrected chi connectivity index (χ4v) is 2.59. The van der Waals surface area contributed by atoms with Crippen molar-refractivity contribution in [3.05, 3.63) is 76.0 Å². The Morgan fingerprint density at radius 1 is 1.15 bits per heavy atom. The Hall–Kier alpha value is -3.12. The van der Waals surface area contributed by atoms with Crippen LogP contribution in [0.25, 0.3) is 11.3 Å². The lowest BCUT2D eigenvalue weighted by atomic mass is 10.1. The third kappa shape index (κ3) is 4.29. The minimum Gasteiger partial charge on any atom is -0.497 e. The molecule has 2 aromatic carbocycles. The topological polar surface area (TPSA) is 73.2 Å². The van der Waals surface area contributed by atoms with Gasteiger partial charge in [-0.25, -0.2) is 4.68 Å². The van der Waals surface area contributed by atoms with Crippen LogP contribution in [-0.4, -0.2) is 22.8 Å². The van der Waals surface area contributed by atoms with Crippen LogP contribution in [0, 0.1) is 0 Å². The summed E-state index contributed by atoms with van der Waals surface area (Å²) in [5.74, 6) is 0.311. The lowest BCUT2D eigenvalue weighted by molar-refractivity contribution is -0.117. The third-order valence-corrected chi connectivity index (χ3v) is 3.87. The van der Waals surface area contributed by atoms with Gasteiger partial charge >= 0.3 is 0 Å². The van der Waals surface area contributed by atoms with Crippen LogP contribution in [-0.2, 0) is 11.3 Å². The van der Waals surface area contributed by atoms with Crippen LogP contribution in [0.2, 0.25) is 5.02 Å². The van der Waals surface area contributed by atoms with Crippen LogP contribution >= 0.6 is 11.6 Å². The molecule has 0 saturated heterocycles. The van der Waals surface area contributed by atoms with E-state index in [2.05, 4.69) is 10.4 Å². The van der Waals surface area contributed by atoms with Crippen LogP contribution in [0.3, 0.4) is 0 Å². The lowest BCUT2D eigenvalue weighted by Crippen LogP contribution is -2.29. The Balaban J connectivity index is 1.81. The first-order valence-electron chi connectivity index (χ1n) is 7.83. The van der Waals surface area contributed by atoms with Gasteiger partial charge in [0, 0.05) is 22.3 Å². The number of amides is 1. The van der Waals surface area contributed by atoms with E-state index in [4.69, 9.17) is 16.3 Å². The molecule has 0 radical (unpaired) electrons. The van der Waals surface area contributed by atoms with Gasteiger partial charge in [-0.3, -0.25) is 9.59 Å². The summed E-state index contributed by atoms with van der Waals surface area (Å²) in [5.41, 5.74) is 1.55. The normalized spacial score (nSPS) is 10.4. The number of carbonyl (C=O) groups is 1. The predicted molar refractivity (Wildman–Crippen MR) is 101 cm³/mol. The second kappa shape index (κ2) is 7.84. The molecule has 1 amide bonds. The van der Waals surface area contributed by atoms with E-state index in [1.54, 1.807) is 37.4 Å². The van der Waals surface area contributed by atoms with Crippen LogP contribution < -0.4 is 15.6 Å². The standard InChI is InChI=1S/C19H16ClN3O3/c1-26-16-7-2-4-13(10-16)17-8-9-19(25)23(22-17)12-18(24)21-15-6-3-5-14(20)11-15/h2-11H,12H2,1H3,(H,21,24). The van der Waals surface area contributed by atoms with E-state index in [1.165, 1.54) is 6.07 Å². The van der Waals surface area contributed by atoms with Gasteiger partial charge in [0.15, 0.2) is 0 Å². The number of halogens is 1. The van der Waals surface area contributed by atoms with Crippen molar-refractivity contribution in [3.8, 4) is 17.0 Å². The highest BCUT2D eigenvalue weighted by atomic mass is 35.5. The van der Waals surface area contributed by atoms with Crippen molar-refractivity contribution >= 4 is 23.2 Å². The number of nitrogens with one attached hydrogen (secondary N) is 1. The quantitative estimate of drug-likeness (QED) is 0.749. The summed E-state index contributed by atoms with van der Waals surface area (Å²) in [5, 5.41) is 7.48. The van der Waals surface area contributed by atoms with Gasteiger partial charge in [0.25, 0.3) is 5.56 Å². The first kappa shape index (κ1) is 17.7. The van der Waals surface area contributed by atoms with Gasteiger partial charge in [-0.05, 0) is 36.4 Å². The molecule has 0 fully saturated rings. The highest BCUT2D eigenvalue weighted by molar-refractivity contribution is 6.30. The minimum atomic E-state index is -0.371. The van der Waals surface area contributed by atoms with E-state index in [-0.39, 0.29) is 18.0 Å². The summed E-state index contributed by atoms with van der Waals surface area (Å²) in [6.45, 7) is -0.205. The summed E-state index contributed by atoms with van der Waals surface area (Å²) >= 11 is 5.90. The number of nitrogens with zero attached hydrogens (tertiary/aromatic N) is 2. The number of rotatable bonds is 5. The first-order valence-corrected chi connectivity index (χ1v) is 8.21. The summed E-state index contributed by atoms with van der Waals surface area (Å²) < 4.78 is 6.32. The number of anilines is 1. The minimum absolute atomic E-state index is 0.205. The van der Waals surface area contributed by atoms with Crippen LogP contribution in [0.1, 0.15) is 0 Å². The molecule has 3 rings (SSSR count). The Morgan fingerprint density at radius 2 is 1.96 bits per heavy atom.